The lowest BCUT2D eigenvalue weighted by Gasteiger charge is -2.30. The fourth-order valence-corrected chi connectivity index (χ4v) is 3.44. The highest BCUT2D eigenvalue weighted by Gasteiger charge is 2.33. The van der Waals surface area contributed by atoms with E-state index in [9.17, 15) is 9.59 Å². The summed E-state index contributed by atoms with van der Waals surface area (Å²) in [6.45, 7) is 3.23. The minimum Gasteiger partial charge on any atom is -0.488 e. The number of nitrogens with two attached hydrogens (primary N) is 1. The number of amides is 2. The summed E-state index contributed by atoms with van der Waals surface area (Å²) in [6.07, 6.45) is 1.17. The maximum absolute atomic E-state index is 12.8. The summed E-state index contributed by atoms with van der Waals surface area (Å²) in [5.41, 5.74) is 8.21. The predicted molar refractivity (Wildman–Crippen MR) is 88.8 cm³/mol. The Balaban J connectivity index is 1.59. The van der Waals surface area contributed by atoms with E-state index in [1.54, 1.807) is 4.90 Å². The molecule has 1 aromatic heterocycles. The van der Waals surface area contributed by atoms with Gasteiger partial charge in [-0.1, -0.05) is 16.8 Å². The van der Waals surface area contributed by atoms with E-state index in [0.717, 1.165) is 16.9 Å². The maximum atomic E-state index is 12.8. The van der Waals surface area contributed by atoms with Gasteiger partial charge in [0.25, 0.3) is 5.91 Å². The van der Waals surface area contributed by atoms with Crippen LogP contribution in [-0.2, 0) is 11.4 Å². The summed E-state index contributed by atoms with van der Waals surface area (Å²) >= 11 is 0. The van der Waals surface area contributed by atoms with Crippen LogP contribution in [0.25, 0.3) is 11.3 Å². The molecular formula is C18H19N3O4. The van der Waals surface area contributed by atoms with Crippen LogP contribution in [-0.4, -0.2) is 35.0 Å². The molecule has 2 aliphatic rings. The third-order valence-corrected chi connectivity index (χ3v) is 4.93. The molecule has 130 valence electrons. The number of rotatable bonds is 2. The molecule has 25 heavy (non-hydrogen) atoms. The number of piperidine rings is 1. The predicted octanol–water partition coefficient (Wildman–Crippen LogP) is 1.88. The molecule has 2 aromatic rings. The number of hydrogen-bond acceptors (Lipinski definition) is 5. The number of nitrogens with zero attached hydrogens (tertiary/aromatic N) is 2. The highest BCUT2D eigenvalue weighted by molar-refractivity contribution is 5.96. The first-order valence-corrected chi connectivity index (χ1v) is 8.35. The van der Waals surface area contributed by atoms with Crippen molar-refractivity contribution in [2.75, 3.05) is 13.1 Å². The van der Waals surface area contributed by atoms with Crippen molar-refractivity contribution < 1.29 is 18.8 Å². The molecule has 0 unspecified atom stereocenters. The molecule has 0 spiro atoms. The fraction of sp³-hybridized carbons (Fsp3) is 0.389. The van der Waals surface area contributed by atoms with E-state index < -0.39 is 0 Å². The lowest BCUT2D eigenvalue weighted by atomic mass is 9.95. The fourth-order valence-electron chi connectivity index (χ4n) is 3.44. The second kappa shape index (κ2) is 5.91. The van der Waals surface area contributed by atoms with Crippen molar-refractivity contribution in [1.82, 2.24) is 10.1 Å². The summed E-state index contributed by atoms with van der Waals surface area (Å²) in [7, 11) is 0. The first kappa shape index (κ1) is 15.7. The summed E-state index contributed by atoms with van der Waals surface area (Å²) in [6, 6.07) is 5.83. The highest BCUT2D eigenvalue weighted by atomic mass is 16.5. The monoisotopic (exact) mass is 341 g/mol. The minimum atomic E-state index is -0.300. The summed E-state index contributed by atoms with van der Waals surface area (Å²) in [4.78, 5) is 25.8. The van der Waals surface area contributed by atoms with Crippen molar-refractivity contribution in [1.29, 1.82) is 0 Å². The van der Waals surface area contributed by atoms with E-state index in [1.165, 1.54) is 0 Å². The number of fused-ring (bicyclic) bond motifs is 3. The second-order valence-electron chi connectivity index (χ2n) is 6.60. The van der Waals surface area contributed by atoms with Gasteiger partial charge in [-0.05, 0) is 31.9 Å². The number of ether oxygens (including phenoxy) is 1. The molecule has 0 saturated carbocycles. The third kappa shape index (κ3) is 2.65. The lowest BCUT2D eigenvalue weighted by molar-refractivity contribution is -0.123. The van der Waals surface area contributed by atoms with Crippen LogP contribution in [0.5, 0.6) is 5.75 Å². The number of carbonyl (C=O) groups excluding carboxylic acids is 2. The van der Waals surface area contributed by atoms with Crippen LogP contribution in [0.3, 0.4) is 0 Å². The molecule has 0 bridgehead atoms. The molecule has 2 N–H and O–H groups in total. The molecule has 1 fully saturated rings. The molecule has 7 heteroatoms. The van der Waals surface area contributed by atoms with Crippen molar-refractivity contribution in [2.24, 2.45) is 11.7 Å². The van der Waals surface area contributed by atoms with Crippen LogP contribution in [0, 0.1) is 12.8 Å². The Hall–Kier alpha value is -2.83. The van der Waals surface area contributed by atoms with Gasteiger partial charge in [-0.2, -0.15) is 0 Å². The SMILES string of the molecule is Cc1ccc2c(c1)-c1onc(C(=O)N3CCC(C(N)=O)CC3)c1CO2. The first-order valence-electron chi connectivity index (χ1n) is 8.35. The second-order valence-corrected chi connectivity index (χ2v) is 6.60. The van der Waals surface area contributed by atoms with Crippen molar-refractivity contribution in [3.8, 4) is 17.1 Å². The molecule has 0 atom stereocenters. The third-order valence-electron chi connectivity index (χ3n) is 4.93. The Morgan fingerprint density at radius 1 is 1.28 bits per heavy atom. The number of aromatic nitrogens is 1. The summed E-state index contributed by atoms with van der Waals surface area (Å²) < 4.78 is 11.2. The average molecular weight is 341 g/mol. The maximum Gasteiger partial charge on any atom is 0.276 e. The topological polar surface area (TPSA) is 98.7 Å². The molecular weight excluding hydrogens is 322 g/mol. The van der Waals surface area contributed by atoms with Crippen molar-refractivity contribution >= 4 is 11.8 Å². The zero-order valence-electron chi connectivity index (χ0n) is 13.9. The highest BCUT2D eigenvalue weighted by Crippen LogP contribution is 2.39. The molecule has 2 amide bonds. The van der Waals surface area contributed by atoms with Crippen LogP contribution in [0.15, 0.2) is 22.7 Å². The zero-order chi connectivity index (χ0) is 17.6. The van der Waals surface area contributed by atoms with Gasteiger partial charge in [0.15, 0.2) is 11.5 Å². The van der Waals surface area contributed by atoms with Gasteiger partial charge in [-0.25, -0.2) is 0 Å². The van der Waals surface area contributed by atoms with Crippen LogP contribution in [0.1, 0.15) is 34.5 Å². The standard InChI is InChI=1S/C18H19N3O4/c1-10-2-3-14-12(8-10)16-13(9-24-14)15(20-25-16)18(23)21-6-4-11(5-7-21)17(19)22/h2-3,8,11H,4-7,9H2,1H3,(H2,19,22). The molecule has 0 aliphatic carbocycles. The molecule has 1 saturated heterocycles. The van der Waals surface area contributed by atoms with Gasteiger partial charge in [-0.15, -0.1) is 0 Å². The number of hydrogen-bond donors (Lipinski definition) is 1. The van der Waals surface area contributed by atoms with E-state index in [2.05, 4.69) is 5.16 Å². The van der Waals surface area contributed by atoms with Crippen molar-refractivity contribution in [3.63, 3.8) is 0 Å². The van der Waals surface area contributed by atoms with Gasteiger partial charge in [0.1, 0.15) is 12.4 Å². The van der Waals surface area contributed by atoms with E-state index in [-0.39, 0.29) is 24.3 Å². The molecule has 4 rings (SSSR count). The van der Waals surface area contributed by atoms with E-state index >= 15 is 0 Å². The number of aryl methyl sites for hydroxylation is 1. The number of likely N-dealkylation sites (tertiary alicyclic amines) is 1. The number of benzene rings is 1. The molecule has 0 radical (unpaired) electrons. The Labute approximate surface area is 144 Å². The molecule has 1 aromatic carbocycles. The van der Waals surface area contributed by atoms with Gasteiger partial charge < -0.3 is 19.9 Å². The van der Waals surface area contributed by atoms with E-state index in [4.69, 9.17) is 15.0 Å². The normalized spacial score (nSPS) is 16.8. The van der Waals surface area contributed by atoms with Gasteiger partial charge in [-0.3, -0.25) is 9.59 Å². The number of carbonyl (C=O) groups is 2. The quantitative estimate of drug-likeness (QED) is 0.899. The largest absolute Gasteiger partial charge is 0.488 e. The smallest absolute Gasteiger partial charge is 0.276 e. The molecule has 7 nitrogen and oxygen atoms in total. The molecule has 3 heterocycles. The Bertz CT molecular complexity index is 850. The minimum absolute atomic E-state index is 0.159. The Kier molecular flexibility index (Phi) is 3.71. The summed E-state index contributed by atoms with van der Waals surface area (Å²) in [5, 5.41) is 4.02. The van der Waals surface area contributed by atoms with Crippen LogP contribution in [0.2, 0.25) is 0 Å². The van der Waals surface area contributed by atoms with Crippen molar-refractivity contribution in [3.05, 3.63) is 35.0 Å². The Morgan fingerprint density at radius 3 is 2.76 bits per heavy atom. The first-order chi connectivity index (χ1) is 12.0. The summed E-state index contributed by atoms with van der Waals surface area (Å²) in [5.74, 6) is 0.684. The van der Waals surface area contributed by atoms with Gasteiger partial charge in [0.2, 0.25) is 5.91 Å². The Morgan fingerprint density at radius 2 is 2.04 bits per heavy atom. The van der Waals surface area contributed by atoms with Crippen molar-refractivity contribution in [2.45, 2.75) is 26.4 Å². The lowest BCUT2D eigenvalue weighted by Crippen LogP contribution is -2.42. The van der Waals surface area contributed by atoms with E-state index in [0.29, 0.717) is 42.9 Å². The van der Waals surface area contributed by atoms with Crippen LogP contribution < -0.4 is 10.5 Å². The molecule has 2 aliphatic heterocycles. The van der Waals surface area contributed by atoms with Gasteiger partial charge in [0, 0.05) is 19.0 Å². The van der Waals surface area contributed by atoms with E-state index in [1.807, 2.05) is 25.1 Å². The van der Waals surface area contributed by atoms with Gasteiger partial charge in [0.05, 0.1) is 11.1 Å². The van der Waals surface area contributed by atoms with Gasteiger partial charge >= 0.3 is 0 Å². The number of primary amides is 1. The zero-order valence-corrected chi connectivity index (χ0v) is 13.9. The van der Waals surface area contributed by atoms with Crippen LogP contribution in [0.4, 0.5) is 0 Å². The van der Waals surface area contributed by atoms with Crippen LogP contribution >= 0.6 is 0 Å². The average Bonchev–Trinajstić information content (AvgIpc) is 3.05.